The predicted molar refractivity (Wildman–Crippen MR) is 118 cm³/mol. The number of aliphatic imine (C=N–C) groups is 1. The lowest BCUT2D eigenvalue weighted by Gasteiger charge is -2.16. The highest BCUT2D eigenvalue weighted by molar-refractivity contribution is 7.20. The van der Waals surface area contributed by atoms with Gasteiger partial charge in [0, 0.05) is 13.0 Å². The zero-order valence-electron chi connectivity index (χ0n) is 17.5. The molecule has 10 nitrogen and oxygen atoms in total. The smallest absolute Gasteiger partial charge is 0.475 e. The molecule has 1 aromatic carbocycles. The number of nitrogens with one attached hydrogen (secondary N) is 1. The Morgan fingerprint density at radius 3 is 2.36 bits per heavy atom. The summed E-state index contributed by atoms with van der Waals surface area (Å²) >= 11 is 1.32. The monoisotopic (exact) mass is 490 g/mol. The number of alkyl halides is 3. The first kappa shape index (κ1) is 27.8. The molecule has 1 aromatic heterocycles. The molecular formula is C19H25F3N6O4S. The molecule has 33 heavy (non-hydrogen) atoms. The van der Waals surface area contributed by atoms with Gasteiger partial charge >= 0.3 is 12.1 Å². The Labute approximate surface area is 191 Å². The number of carbonyl (C=O) groups excluding carboxylic acids is 2. The topological polar surface area (TPSA) is 187 Å². The minimum absolute atomic E-state index is 0.00558. The summed E-state index contributed by atoms with van der Waals surface area (Å²) in [6.45, 7) is 0.818. The third kappa shape index (κ3) is 10.3. The first-order valence-corrected chi connectivity index (χ1v) is 10.5. The SMILES string of the molecule is NCCCC(=O)N[C@@H](CCCN=C(N)N)C(=O)c1nc2ccccc2s1.O=C(O)C(F)(F)F. The van der Waals surface area contributed by atoms with Crippen LogP contribution < -0.4 is 22.5 Å². The van der Waals surface area contributed by atoms with Crippen LogP contribution in [0.1, 0.15) is 35.5 Å². The summed E-state index contributed by atoms with van der Waals surface area (Å²) in [5.41, 5.74) is 16.8. The molecule has 0 aliphatic carbocycles. The van der Waals surface area contributed by atoms with Crippen LogP contribution in [-0.4, -0.2) is 59.0 Å². The lowest BCUT2D eigenvalue weighted by atomic mass is 10.1. The Morgan fingerprint density at radius 1 is 1.18 bits per heavy atom. The van der Waals surface area contributed by atoms with Gasteiger partial charge in [-0.25, -0.2) is 9.78 Å². The van der Waals surface area contributed by atoms with Gasteiger partial charge in [-0.2, -0.15) is 13.2 Å². The second kappa shape index (κ2) is 13.3. The van der Waals surface area contributed by atoms with Crippen LogP contribution in [0.15, 0.2) is 29.3 Å². The molecule has 2 rings (SSSR count). The van der Waals surface area contributed by atoms with Crippen molar-refractivity contribution in [1.82, 2.24) is 10.3 Å². The van der Waals surface area contributed by atoms with Gasteiger partial charge in [0.2, 0.25) is 11.7 Å². The number of thiazole rings is 1. The number of carbonyl (C=O) groups is 3. The van der Waals surface area contributed by atoms with Gasteiger partial charge in [-0.1, -0.05) is 12.1 Å². The van der Waals surface area contributed by atoms with E-state index in [1.165, 1.54) is 11.3 Å². The highest BCUT2D eigenvalue weighted by Gasteiger charge is 2.38. The van der Waals surface area contributed by atoms with E-state index in [4.69, 9.17) is 27.1 Å². The van der Waals surface area contributed by atoms with Gasteiger partial charge in [0.05, 0.1) is 16.3 Å². The number of guanidine groups is 1. The van der Waals surface area contributed by atoms with Crippen LogP contribution in [0, 0.1) is 0 Å². The summed E-state index contributed by atoms with van der Waals surface area (Å²) in [4.78, 5) is 42.1. The molecule has 2 aromatic rings. The maximum Gasteiger partial charge on any atom is 0.490 e. The summed E-state index contributed by atoms with van der Waals surface area (Å²) in [6.07, 6.45) is -3.23. The van der Waals surface area contributed by atoms with E-state index in [9.17, 15) is 22.8 Å². The van der Waals surface area contributed by atoms with Gasteiger partial charge in [-0.15, -0.1) is 11.3 Å². The number of hydrogen-bond donors (Lipinski definition) is 5. The van der Waals surface area contributed by atoms with Crippen molar-refractivity contribution in [1.29, 1.82) is 0 Å². The molecular weight excluding hydrogens is 465 g/mol. The van der Waals surface area contributed by atoms with Gasteiger partial charge in [0.25, 0.3) is 0 Å². The second-order valence-corrected chi connectivity index (χ2v) is 7.65. The van der Waals surface area contributed by atoms with Crippen molar-refractivity contribution in [3.8, 4) is 0 Å². The first-order valence-electron chi connectivity index (χ1n) is 9.70. The maximum absolute atomic E-state index is 12.9. The average molecular weight is 491 g/mol. The van der Waals surface area contributed by atoms with E-state index >= 15 is 0 Å². The predicted octanol–water partition coefficient (Wildman–Crippen LogP) is 1.39. The van der Waals surface area contributed by atoms with E-state index in [-0.39, 0.29) is 24.1 Å². The van der Waals surface area contributed by atoms with Crippen molar-refractivity contribution in [2.75, 3.05) is 13.1 Å². The van der Waals surface area contributed by atoms with E-state index in [2.05, 4.69) is 15.3 Å². The molecule has 8 N–H and O–H groups in total. The Hall–Kier alpha value is -3.26. The minimum Gasteiger partial charge on any atom is -0.475 e. The molecule has 0 aliphatic heterocycles. The maximum atomic E-state index is 12.9. The van der Waals surface area contributed by atoms with Crippen LogP contribution in [0.25, 0.3) is 10.2 Å². The van der Waals surface area contributed by atoms with Crippen molar-refractivity contribution < 1.29 is 32.7 Å². The van der Waals surface area contributed by atoms with Gasteiger partial charge in [0.1, 0.15) is 0 Å². The van der Waals surface area contributed by atoms with Crippen LogP contribution in [0.2, 0.25) is 0 Å². The zero-order valence-corrected chi connectivity index (χ0v) is 18.3. The molecule has 14 heteroatoms. The number of nitrogens with zero attached hydrogens (tertiary/aromatic N) is 2. The Balaban J connectivity index is 0.000000675. The summed E-state index contributed by atoms with van der Waals surface area (Å²) < 4.78 is 32.7. The number of fused-ring (bicyclic) bond motifs is 1. The van der Waals surface area contributed by atoms with Crippen LogP contribution in [0.4, 0.5) is 13.2 Å². The number of rotatable bonds is 10. The number of aromatic nitrogens is 1. The van der Waals surface area contributed by atoms with Crippen molar-refractivity contribution >= 4 is 45.2 Å². The fourth-order valence-electron chi connectivity index (χ4n) is 2.43. The number of para-hydroxylation sites is 1. The number of carboxylic acid groups (broad SMARTS) is 1. The van der Waals surface area contributed by atoms with Crippen LogP contribution in [-0.2, 0) is 9.59 Å². The summed E-state index contributed by atoms with van der Waals surface area (Å²) in [7, 11) is 0. The number of ketones is 1. The van der Waals surface area contributed by atoms with Gasteiger partial charge in [0.15, 0.2) is 11.0 Å². The van der Waals surface area contributed by atoms with E-state index in [0.717, 1.165) is 10.2 Å². The van der Waals surface area contributed by atoms with Crippen molar-refractivity contribution in [2.24, 2.45) is 22.2 Å². The molecule has 1 amide bonds. The molecule has 0 fully saturated rings. The normalized spacial score (nSPS) is 11.8. The first-order chi connectivity index (χ1) is 15.5. The molecule has 0 spiro atoms. The Kier molecular flexibility index (Phi) is 11.2. The molecule has 0 saturated carbocycles. The Bertz CT molecular complexity index is 943. The largest absolute Gasteiger partial charge is 0.490 e. The third-order valence-corrected chi connectivity index (χ3v) is 5.00. The summed E-state index contributed by atoms with van der Waals surface area (Å²) in [5.74, 6) is -3.15. The van der Waals surface area contributed by atoms with Crippen LogP contribution >= 0.6 is 11.3 Å². The van der Waals surface area contributed by atoms with Crippen molar-refractivity contribution in [3.63, 3.8) is 0 Å². The number of carboxylic acids is 1. The van der Waals surface area contributed by atoms with E-state index < -0.39 is 18.2 Å². The van der Waals surface area contributed by atoms with Crippen LogP contribution in [0.5, 0.6) is 0 Å². The highest BCUT2D eigenvalue weighted by Crippen LogP contribution is 2.23. The summed E-state index contributed by atoms with van der Waals surface area (Å²) in [6, 6.07) is 6.89. The zero-order chi connectivity index (χ0) is 25.0. The number of hydrogen-bond acceptors (Lipinski definition) is 7. The molecule has 1 atom stereocenters. The second-order valence-electron chi connectivity index (χ2n) is 6.62. The fourth-order valence-corrected chi connectivity index (χ4v) is 3.39. The molecule has 0 bridgehead atoms. The Morgan fingerprint density at radius 2 is 1.82 bits per heavy atom. The number of Topliss-reactive ketones (excluding diaryl/α,β-unsaturated/α-hetero) is 1. The van der Waals surface area contributed by atoms with Crippen LogP contribution in [0.3, 0.4) is 0 Å². The fraction of sp³-hybridized carbons (Fsp3) is 0.421. The molecule has 1 heterocycles. The molecule has 0 aliphatic rings. The molecule has 0 radical (unpaired) electrons. The number of nitrogens with two attached hydrogens (primary N) is 3. The number of amides is 1. The molecule has 0 unspecified atom stereocenters. The minimum atomic E-state index is -5.08. The molecule has 182 valence electrons. The quantitative estimate of drug-likeness (QED) is 0.143. The third-order valence-electron chi connectivity index (χ3n) is 3.95. The van der Waals surface area contributed by atoms with Crippen molar-refractivity contribution in [3.05, 3.63) is 29.3 Å². The molecule has 0 saturated heterocycles. The number of benzene rings is 1. The van der Waals surface area contributed by atoms with E-state index in [1.54, 1.807) is 0 Å². The van der Waals surface area contributed by atoms with E-state index in [1.807, 2.05) is 24.3 Å². The average Bonchev–Trinajstić information content (AvgIpc) is 3.17. The van der Waals surface area contributed by atoms with E-state index in [0.29, 0.717) is 37.4 Å². The van der Waals surface area contributed by atoms with Crippen molar-refractivity contribution in [2.45, 2.75) is 37.9 Å². The lowest BCUT2D eigenvalue weighted by Crippen LogP contribution is -2.41. The van der Waals surface area contributed by atoms with Gasteiger partial charge in [-0.05, 0) is 37.9 Å². The van der Waals surface area contributed by atoms with Gasteiger partial charge < -0.3 is 27.6 Å². The number of aliphatic carboxylic acids is 1. The standard InChI is InChI=1S/C17H24N6O2S.C2HF3O2/c18-9-3-8-14(24)22-12(6-4-10-21-17(19)20)15(25)16-23-11-5-1-2-7-13(11)26-16;3-2(4,5)1(6)7/h1-2,5,7,12H,3-4,6,8-10,18H2,(H,22,24)(H4,19,20,21);(H,6,7)/t12-;/m0./s1. The highest BCUT2D eigenvalue weighted by atomic mass is 32.1. The summed E-state index contributed by atoms with van der Waals surface area (Å²) in [5, 5.41) is 10.3. The lowest BCUT2D eigenvalue weighted by molar-refractivity contribution is -0.192. The van der Waals surface area contributed by atoms with Gasteiger partial charge in [-0.3, -0.25) is 14.6 Å². The number of halogens is 3.